The van der Waals surface area contributed by atoms with Crippen LogP contribution in [0.1, 0.15) is 40.5 Å². The number of nitrogens with zero attached hydrogens (tertiary/aromatic N) is 2. The van der Waals surface area contributed by atoms with Crippen molar-refractivity contribution in [1.29, 1.82) is 5.26 Å². The Hall–Kier alpha value is -1.08. The lowest BCUT2D eigenvalue weighted by Crippen LogP contribution is -2.48. The van der Waals surface area contributed by atoms with Crippen molar-refractivity contribution in [2.24, 2.45) is 0 Å². The van der Waals surface area contributed by atoms with E-state index in [0.717, 1.165) is 6.42 Å². The molecule has 1 N–H and O–H groups in total. The van der Waals surface area contributed by atoms with Gasteiger partial charge in [0.2, 0.25) is 5.91 Å². The molecule has 0 aromatic heterocycles. The number of nitrogens with one attached hydrogen (secondary N) is 1. The fourth-order valence-electron chi connectivity index (χ4n) is 1.31. The van der Waals surface area contributed by atoms with E-state index in [2.05, 4.69) is 11.4 Å². The first kappa shape index (κ1) is 14.9. The number of rotatable bonds is 6. The molecule has 0 saturated carbocycles. The van der Waals surface area contributed by atoms with Gasteiger partial charge in [0, 0.05) is 12.1 Å². The third-order valence-electron chi connectivity index (χ3n) is 3.07. The SMILES string of the molecule is CCC(C)NC(=O)C(C)N(C)C(C)CC#N. The maximum Gasteiger partial charge on any atom is 0.237 e. The average Bonchev–Trinajstić information content (AvgIpc) is 2.26. The van der Waals surface area contributed by atoms with Gasteiger partial charge in [-0.3, -0.25) is 9.69 Å². The monoisotopic (exact) mass is 225 g/mol. The van der Waals surface area contributed by atoms with E-state index in [9.17, 15) is 4.79 Å². The summed E-state index contributed by atoms with van der Waals surface area (Å²) in [6.45, 7) is 7.85. The highest BCUT2D eigenvalue weighted by atomic mass is 16.2. The molecule has 0 radical (unpaired) electrons. The van der Waals surface area contributed by atoms with Crippen LogP contribution in [0.2, 0.25) is 0 Å². The summed E-state index contributed by atoms with van der Waals surface area (Å²) < 4.78 is 0. The van der Waals surface area contributed by atoms with Crippen LogP contribution in [0.15, 0.2) is 0 Å². The molecule has 0 rings (SSSR count). The van der Waals surface area contributed by atoms with Gasteiger partial charge in [0.25, 0.3) is 0 Å². The van der Waals surface area contributed by atoms with Crippen molar-refractivity contribution in [2.45, 2.75) is 58.7 Å². The van der Waals surface area contributed by atoms with Gasteiger partial charge in [0.05, 0.1) is 18.5 Å². The molecule has 3 unspecified atom stereocenters. The van der Waals surface area contributed by atoms with Crippen molar-refractivity contribution in [2.75, 3.05) is 7.05 Å². The summed E-state index contributed by atoms with van der Waals surface area (Å²) in [5.41, 5.74) is 0. The highest BCUT2D eigenvalue weighted by molar-refractivity contribution is 5.81. The zero-order chi connectivity index (χ0) is 12.7. The largest absolute Gasteiger partial charge is 0.352 e. The molecule has 4 heteroatoms. The first-order valence-corrected chi connectivity index (χ1v) is 5.83. The van der Waals surface area contributed by atoms with E-state index in [4.69, 9.17) is 5.26 Å². The van der Waals surface area contributed by atoms with Gasteiger partial charge in [-0.2, -0.15) is 5.26 Å². The Kier molecular flexibility index (Phi) is 6.75. The Morgan fingerprint density at radius 2 is 2.00 bits per heavy atom. The molecule has 1 amide bonds. The van der Waals surface area contributed by atoms with Crippen LogP contribution in [0.3, 0.4) is 0 Å². The van der Waals surface area contributed by atoms with Crippen LogP contribution in [0.25, 0.3) is 0 Å². The van der Waals surface area contributed by atoms with Crippen LogP contribution in [0.5, 0.6) is 0 Å². The number of amides is 1. The van der Waals surface area contributed by atoms with Crippen LogP contribution in [0.4, 0.5) is 0 Å². The maximum absolute atomic E-state index is 11.8. The van der Waals surface area contributed by atoms with Crippen LogP contribution in [0, 0.1) is 11.3 Å². The third-order valence-corrected chi connectivity index (χ3v) is 3.07. The minimum absolute atomic E-state index is 0.0293. The second-order valence-electron chi connectivity index (χ2n) is 4.37. The molecule has 4 nitrogen and oxygen atoms in total. The molecule has 0 aliphatic heterocycles. The standard InChI is InChI=1S/C12H23N3O/c1-6-9(2)14-12(16)11(4)15(5)10(3)7-8-13/h9-11H,6-7H2,1-5H3,(H,14,16). The molecule has 16 heavy (non-hydrogen) atoms. The fraction of sp³-hybridized carbons (Fsp3) is 0.833. The van der Waals surface area contributed by atoms with Crippen molar-refractivity contribution >= 4 is 5.91 Å². The summed E-state index contributed by atoms with van der Waals surface area (Å²) in [5, 5.41) is 11.6. The molecule has 0 aromatic carbocycles. The van der Waals surface area contributed by atoms with Gasteiger partial charge in [-0.15, -0.1) is 0 Å². The second kappa shape index (κ2) is 7.24. The Morgan fingerprint density at radius 3 is 2.44 bits per heavy atom. The molecular formula is C12H23N3O. The van der Waals surface area contributed by atoms with E-state index in [0.29, 0.717) is 6.42 Å². The fourth-order valence-corrected chi connectivity index (χ4v) is 1.31. The van der Waals surface area contributed by atoms with Gasteiger partial charge in [0.15, 0.2) is 0 Å². The van der Waals surface area contributed by atoms with Gasteiger partial charge in [-0.1, -0.05) is 6.92 Å². The Labute approximate surface area is 98.6 Å². The van der Waals surface area contributed by atoms with E-state index >= 15 is 0 Å². The molecule has 0 saturated heterocycles. The Morgan fingerprint density at radius 1 is 1.44 bits per heavy atom. The van der Waals surface area contributed by atoms with Gasteiger partial charge in [0.1, 0.15) is 0 Å². The molecule has 0 aliphatic rings. The van der Waals surface area contributed by atoms with Gasteiger partial charge in [-0.25, -0.2) is 0 Å². The number of carbonyl (C=O) groups excluding carboxylic acids is 1. The molecule has 0 spiro atoms. The number of likely N-dealkylation sites (N-methyl/N-ethyl adjacent to an activating group) is 1. The van der Waals surface area contributed by atoms with Crippen LogP contribution >= 0.6 is 0 Å². The predicted molar refractivity (Wildman–Crippen MR) is 64.8 cm³/mol. The van der Waals surface area contributed by atoms with Crippen molar-refractivity contribution in [3.05, 3.63) is 0 Å². The molecule has 0 bridgehead atoms. The van der Waals surface area contributed by atoms with Crippen molar-refractivity contribution in [3.8, 4) is 6.07 Å². The zero-order valence-corrected chi connectivity index (χ0v) is 10.9. The molecular weight excluding hydrogens is 202 g/mol. The van der Waals surface area contributed by atoms with E-state index in [1.165, 1.54) is 0 Å². The minimum atomic E-state index is -0.197. The van der Waals surface area contributed by atoms with E-state index in [1.807, 2.05) is 39.6 Å². The summed E-state index contributed by atoms with van der Waals surface area (Å²) in [6, 6.07) is 2.23. The molecule has 0 heterocycles. The minimum Gasteiger partial charge on any atom is -0.352 e. The predicted octanol–water partition coefficient (Wildman–Crippen LogP) is 1.52. The first-order chi connectivity index (χ1) is 7.43. The average molecular weight is 225 g/mol. The van der Waals surface area contributed by atoms with Crippen LogP contribution in [-0.4, -0.2) is 36.0 Å². The van der Waals surface area contributed by atoms with E-state index in [1.54, 1.807) is 0 Å². The molecule has 3 atom stereocenters. The van der Waals surface area contributed by atoms with E-state index < -0.39 is 0 Å². The van der Waals surface area contributed by atoms with Crippen LogP contribution in [-0.2, 0) is 4.79 Å². The van der Waals surface area contributed by atoms with Crippen molar-refractivity contribution in [3.63, 3.8) is 0 Å². The topological polar surface area (TPSA) is 56.1 Å². The number of nitriles is 1. The first-order valence-electron chi connectivity index (χ1n) is 5.83. The van der Waals surface area contributed by atoms with Crippen molar-refractivity contribution < 1.29 is 4.79 Å². The van der Waals surface area contributed by atoms with Gasteiger partial charge < -0.3 is 5.32 Å². The highest BCUT2D eigenvalue weighted by Crippen LogP contribution is 2.06. The molecule has 0 aliphatic carbocycles. The molecule has 0 fully saturated rings. The Bertz CT molecular complexity index is 259. The number of hydrogen-bond donors (Lipinski definition) is 1. The van der Waals surface area contributed by atoms with Gasteiger partial charge >= 0.3 is 0 Å². The normalized spacial score (nSPS) is 16.3. The van der Waals surface area contributed by atoms with Crippen LogP contribution < -0.4 is 5.32 Å². The lowest BCUT2D eigenvalue weighted by molar-refractivity contribution is -0.126. The highest BCUT2D eigenvalue weighted by Gasteiger charge is 2.22. The lowest BCUT2D eigenvalue weighted by atomic mass is 10.1. The Balaban J connectivity index is 4.27. The zero-order valence-electron chi connectivity index (χ0n) is 10.9. The summed E-state index contributed by atoms with van der Waals surface area (Å²) in [6.07, 6.45) is 1.37. The summed E-state index contributed by atoms with van der Waals surface area (Å²) in [4.78, 5) is 13.8. The quantitative estimate of drug-likeness (QED) is 0.745. The van der Waals surface area contributed by atoms with Crippen molar-refractivity contribution in [1.82, 2.24) is 10.2 Å². The molecule has 0 aromatic rings. The number of hydrogen-bond acceptors (Lipinski definition) is 3. The third kappa shape index (κ3) is 4.63. The van der Waals surface area contributed by atoms with Gasteiger partial charge in [-0.05, 0) is 34.2 Å². The summed E-state index contributed by atoms with van der Waals surface area (Å²) >= 11 is 0. The lowest BCUT2D eigenvalue weighted by Gasteiger charge is -2.29. The number of carbonyl (C=O) groups is 1. The summed E-state index contributed by atoms with van der Waals surface area (Å²) in [5.74, 6) is 0.0293. The maximum atomic E-state index is 11.8. The van der Waals surface area contributed by atoms with E-state index in [-0.39, 0.29) is 24.0 Å². The molecule has 92 valence electrons. The summed E-state index contributed by atoms with van der Waals surface area (Å²) in [7, 11) is 1.88. The second-order valence-corrected chi connectivity index (χ2v) is 4.37. The smallest absolute Gasteiger partial charge is 0.237 e.